The first kappa shape index (κ1) is 21.8. The minimum atomic E-state index is -0.576. The maximum absolute atomic E-state index is 11.8. The number of hydrogen-bond acceptors (Lipinski definition) is 6. The zero-order valence-corrected chi connectivity index (χ0v) is 18.6. The Kier molecular flexibility index (Phi) is 5.13. The number of ether oxygens (including phenoxy) is 2. The van der Waals surface area contributed by atoms with Crippen LogP contribution in [-0.4, -0.2) is 47.1 Å². The standard InChI is InChI=1S/C24H36O6/c1-13-16-11-24(21(13)28)9-6-18-22(4,19(24)10-17(16)27)8-7-20(30-15(3)26)23(18,5)12-29-14(2)25/h16-21,27-28H,1,6-12H2,2-5H3. The van der Waals surface area contributed by atoms with Crippen LogP contribution >= 0.6 is 0 Å². The largest absolute Gasteiger partial charge is 0.465 e. The lowest BCUT2D eigenvalue weighted by molar-refractivity contribution is -0.227. The first-order chi connectivity index (χ1) is 14.0. The van der Waals surface area contributed by atoms with E-state index in [0.29, 0.717) is 12.8 Å². The SMILES string of the molecule is C=C1C2CC3(CCC4C(C)(COC(C)=O)C(OC(C)=O)CCC4(C)C3CC2O)C1O. The lowest BCUT2D eigenvalue weighted by Gasteiger charge is -2.65. The highest BCUT2D eigenvalue weighted by Gasteiger charge is 2.69. The van der Waals surface area contributed by atoms with Gasteiger partial charge in [0.1, 0.15) is 12.7 Å². The van der Waals surface area contributed by atoms with Crippen LogP contribution in [0.3, 0.4) is 0 Å². The van der Waals surface area contributed by atoms with Crippen LogP contribution in [0.5, 0.6) is 0 Å². The summed E-state index contributed by atoms with van der Waals surface area (Å²) in [5, 5.41) is 22.1. The summed E-state index contributed by atoms with van der Waals surface area (Å²) in [6.07, 6.45) is 3.36. The van der Waals surface area contributed by atoms with Gasteiger partial charge in [0.05, 0.1) is 12.2 Å². The van der Waals surface area contributed by atoms with Crippen LogP contribution in [0.25, 0.3) is 0 Å². The molecular weight excluding hydrogens is 384 g/mol. The summed E-state index contributed by atoms with van der Waals surface area (Å²) in [7, 11) is 0. The highest BCUT2D eigenvalue weighted by Crippen LogP contribution is 2.72. The fourth-order valence-corrected chi connectivity index (χ4v) is 8.18. The summed E-state index contributed by atoms with van der Waals surface area (Å²) < 4.78 is 11.2. The molecule has 0 aromatic carbocycles. The molecule has 30 heavy (non-hydrogen) atoms. The van der Waals surface area contributed by atoms with Gasteiger partial charge in [-0.1, -0.05) is 20.4 Å². The highest BCUT2D eigenvalue weighted by atomic mass is 16.6. The Hall–Kier alpha value is -1.40. The van der Waals surface area contributed by atoms with Gasteiger partial charge in [-0.2, -0.15) is 0 Å². The molecule has 1 spiro atoms. The molecule has 4 aliphatic carbocycles. The second kappa shape index (κ2) is 7.06. The molecule has 4 saturated carbocycles. The van der Waals surface area contributed by atoms with Gasteiger partial charge < -0.3 is 19.7 Å². The molecule has 0 amide bonds. The van der Waals surface area contributed by atoms with E-state index in [2.05, 4.69) is 20.4 Å². The third-order valence-electron chi connectivity index (χ3n) is 9.47. The fourth-order valence-electron chi connectivity index (χ4n) is 8.18. The van der Waals surface area contributed by atoms with Crippen LogP contribution in [0.1, 0.15) is 66.2 Å². The van der Waals surface area contributed by atoms with E-state index in [4.69, 9.17) is 9.47 Å². The zero-order chi connectivity index (χ0) is 22.1. The molecule has 0 aromatic rings. The Labute approximate surface area is 179 Å². The first-order valence-electron chi connectivity index (χ1n) is 11.3. The van der Waals surface area contributed by atoms with Crippen LogP contribution in [0.4, 0.5) is 0 Å². The molecule has 0 radical (unpaired) electrons. The minimum Gasteiger partial charge on any atom is -0.465 e. The molecule has 0 aromatic heterocycles. The molecular formula is C24H36O6. The van der Waals surface area contributed by atoms with Crippen LogP contribution in [0.15, 0.2) is 12.2 Å². The summed E-state index contributed by atoms with van der Waals surface area (Å²) in [5.41, 5.74) is -0.0956. The van der Waals surface area contributed by atoms with Crippen LogP contribution in [0, 0.1) is 34.0 Å². The van der Waals surface area contributed by atoms with E-state index < -0.39 is 17.6 Å². The Morgan fingerprint density at radius 1 is 1.10 bits per heavy atom. The molecule has 168 valence electrons. The second-order valence-corrected chi connectivity index (χ2v) is 10.9. The maximum atomic E-state index is 11.8. The van der Waals surface area contributed by atoms with Gasteiger partial charge in [0.15, 0.2) is 0 Å². The molecule has 2 bridgehead atoms. The van der Waals surface area contributed by atoms with Crippen molar-refractivity contribution in [3.63, 3.8) is 0 Å². The Balaban J connectivity index is 1.73. The van der Waals surface area contributed by atoms with Gasteiger partial charge in [-0.15, -0.1) is 0 Å². The molecule has 9 unspecified atom stereocenters. The summed E-state index contributed by atoms with van der Waals surface area (Å²) >= 11 is 0. The van der Waals surface area contributed by atoms with Gasteiger partial charge in [-0.05, 0) is 61.3 Å². The average molecular weight is 421 g/mol. The van der Waals surface area contributed by atoms with Gasteiger partial charge in [-0.25, -0.2) is 0 Å². The number of carbonyl (C=O) groups excluding carboxylic acids is 2. The Morgan fingerprint density at radius 2 is 1.80 bits per heavy atom. The Morgan fingerprint density at radius 3 is 2.43 bits per heavy atom. The molecule has 0 heterocycles. The third kappa shape index (κ3) is 2.89. The molecule has 4 rings (SSSR count). The number of carbonyl (C=O) groups is 2. The highest BCUT2D eigenvalue weighted by molar-refractivity contribution is 5.66. The summed E-state index contributed by atoms with van der Waals surface area (Å²) in [5.74, 6) is -0.359. The van der Waals surface area contributed by atoms with E-state index in [1.807, 2.05) is 0 Å². The van der Waals surface area contributed by atoms with Crippen molar-refractivity contribution in [3.05, 3.63) is 12.2 Å². The maximum Gasteiger partial charge on any atom is 0.302 e. The molecule has 2 N–H and O–H groups in total. The molecule has 0 aliphatic heterocycles. The minimum absolute atomic E-state index is 0.0128. The number of aliphatic hydroxyl groups is 2. The van der Waals surface area contributed by atoms with Crippen LogP contribution < -0.4 is 0 Å². The van der Waals surface area contributed by atoms with Gasteiger partial charge in [-0.3, -0.25) is 9.59 Å². The summed E-state index contributed by atoms with van der Waals surface area (Å²) in [6.45, 7) is 11.5. The quantitative estimate of drug-likeness (QED) is 0.539. The lowest BCUT2D eigenvalue weighted by atomic mass is 9.40. The molecule has 0 saturated heterocycles. The van der Waals surface area contributed by atoms with Crippen molar-refractivity contribution in [2.75, 3.05) is 6.61 Å². The van der Waals surface area contributed by atoms with Gasteiger partial charge in [0.25, 0.3) is 0 Å². The van der Waals surface area contributed by atoms with Gasteiger partial charge >= 0.3 is 11.9 Å². The Bertz CT molecular complexity index is 763. The number of esters is 2. The number of aliphatic hydroxyl groups excluding tert-OH is 2. The first-order valence-corrected chi connectivity index (χ1v) is 11.3. The average Bonchev–Trinajstić information content (AvgIpc) is 2.87. The third-order valence-corrected chi connectivity index (χ3v) is 9.47. The van der Waals surface area contributed by atoms with Crippen LogP contribution in [-0.2, 0) is 19.1 Å². The van der Waals surface area contributed by atoms with Gasteiger partial charge in [0, 0.05) is 30.6 Å². The van der Waals surface area contributed by atoms with Crippen molar-refractivity contribution < 1.29 is 29.3 Å². The zero-order valence-electron chi connectivity index (χ0n) is 18.6. The predicted molar refractivity (Wildman–Crippen MR) is 110 cm³/mol. The number of hydrogen-bond donors (Lipinski definition) is 2. The van der Waals surface area contributed by atoms with E-state index in [0.717, 1.165) is 31.3 Å². The molecule has 6 heteroatoms. The topological polar surface area (TPSA) is 93.1 Å². The molecule has 9 atom stereocenters. The number of rotatable bonds is 3. The van der Waals surface area contributed by atoms with Crippen LogP contribution in [0.2, 0.25) is 0 Å². The number of fused-ring (bicyclic) bond motifs is 3. The summed E-state index contributed by atoms with van der Waals surface area (Å²) in [6, 6.07) is 0. The normalized spacial score (nSPS) is 49.7. The van der Waals surface area contributed by atoms with E-state index in [9.17, 15) is 19.8 Å². The van der Waals surface area contributed by atoms with Gasteiger partial charge in [0.2, 0.25) is 0 Å². The summed E-state index contributed by atoms with van der Waals surface area (Å²) in [4.78, 5) is 23.5. The van der Waals surface area contributed by atoms with Crippen molar-refractivity contribution in [2.24, 2.45) is 34.0 Å². The van der Waals surface area contributed by atoms with E-state index in [-0.39, 0.29) is 53.2 Å². The monoisotopic (exact) mass is 420 g/mol. The molecule has 4 fully saturated rings. The van der Waals surface area contributed by atoms with E-state index in [1.54, 1.807) is 0 Å². The van der Waals surface area contributed by atoms with Crippen molar-refractivity contribution in [1.29, 1.82) is 0 Å². The van der Waals surface area contributed by atoms with Crippen molar-refractivity contribution >= 4 is 11.9 Å². The lowest BCUT2D eigenvalue weighted by Crippen LogP contribution is -2.64. The fraction of sp³-hybridized carbons (Fsp3) is 0.833. The smallest absolute Gasteiger partial charge is 0.302 e. The van der Waals surface area contributed by atoms with E-state index in [1.165, 1.54) is 13.8 Å². The van der Waals surface area contributed by atoms with Crippen molar-refractivity contribution in [2.45, 2.75) is 84.5 Å². The van der Waals surface area contributed by atoms with E-state index >= 15 is 0 Å². The second-order valence-electron chi connectivity index (χ2n) is 10.9. The molecule has 4 aliphatic rings. The van der Waals surface area contributed by atoms with Crippen molar-refractivity contribution in [3.8, 4) is 0 Å². The molecule has 6 nitrogen and oxygen atoms in total. The van der Waals surface area contributed by atoms with Crippen molar-refractivity contribution in [1.82, 2.24) is 0 Å². The predicted octanol–water partition coefficient (Wildman–Crippen LogP) is 3.00.